The fraction of sp³-hybridized carbons (Fsp3) is 0.833. The van der Waals surface area contributed by atoms with Gasteiger partial charge in [0.2, 0.25) is 0 Å². The Hall–Kier alpha value is -0.940. The van der Waals surface area contributed by atoms with Crippen LogP contribution in [-0.2, 0) is 18.3 Å². The standard InChI is InChI=1S/C18H36N6O2.HI/c1-6-18(7-2,9-11-25)14-21-17(19-10-8-12-26-5)20-13-16-23-22-15(3)24(16)4;/h25H,6-14H2,1-5H3,(H2,19,20,21);1H. The molecular formula is C18H37IN6O2. The lowest BCUT2D eigenvalue weighted by atomic mass is 9.79. The number of aliphatic hydroxyl groups excluding tert-OH is 1. The van der Waals surface area contributed by atoms with Gasteiger partial charge in [-0.25, -0.2) is 4.99 Å². The first-order chi connectivity index (χ1) is 12.5. The van der Waals surface area contributed by atoms with Crippen molar-refractivity contribution >= 4 is 29.9 Å². The molecule has 1 heterocycles. The number of ether oxygens (including phenoxy) is 1. The lowest BCUT2D eigenvalue weighted by Gasteiger charge is -2.32. The number of guanidine groups is 1. The quantitative estimate of drug-likeness (QED) is 0.177. The van der Waals surface area contributed by atoms with Gasteiger partial charge in [0.05, 0.1) is 0 Å². The number of aryl methyl sites for hydroxylation is 1. The van der Waals surface area contributed by atoms with E-state index < -0.39 is 0 Å². The fourth-order valence-corrected chi connectivity index (χ4v) is 2.79. The van der Waals surface area contributed by atoms with Crippen LogP contribution in [0.1, 0.15) is 51.2 Å². The summed E-state index contributed by atoms with van der Waals surface area (Å²) in [5, 5.41) is 24.5. The lowest BCUT2D eigenvalue weighted by molar-refractivity contribution is 0.169. The normalized spacial score (nSPS) is 12.0. The van der Waals surface area contributed by atoms with E-state index >= 15 is 0 Å². The summed E-state index contributed by atoms with van der Waals surface area (Å²) in [5.74, 6) is 2.45. The van der Waals surface area contributed by atoms with Crippen LogP contribution in [-0.4, -0.2) is 59.2 Å². The lowest BCUT2D eigenvalue weighted by Crippen LogP contribution is -2.44. The third kappa shape index (κ3) is 8.73. The highest BCUT2D eigenvalue weighted by molar-refractivity contribution is 14.0. The summed E-state index contributed by atoms with van der Waals surface area (Å²) >= 11 is 0. The molecule has 27 heavy (non-hydrogen) atoms. The van der Waals surface area contributed by atoms with E-state index in [1.807, 2.05) is 18.5 Å². The Kier molecular flexibility index (Phi) is 13.6. The van der Waals surface area contributed by atoms with Gasteiger partial charge in [0.1, 0.15) is 12.4 Å². The molecule has 0 aromatic carbocycles. The first kappa shape index (κ1) is 26.1. The molecule has 0 fully saturated rings. The predicted molar refractivity (Wildman–Crippen MR) is 120 cm³/mol. The van der Waals surface area contributed by atoms with Crippen LogP contribution in [0.3, 0.4) is 0 Å². The van der Waals surface area contributed by atoms with Crippen molar-refractivity contribution in [1.29, 1.82) is 0 Å². The number of aliphatic imine (C=N–C) groups is 1. The fourth-order valence-electron chi connectivity index (χ4n) is 2.79. The monoisotopic (exact) mass is 496 g/mol. The number of nitrogens with one attached hydrogen (secondary N) is 2. The van der Waals surface area contributed by atoms with Crippen molar-refractivity contribution in [2.75, 3.05) is 33.4 Å². The maximum atomic E-state index is 9.41. The van der Waals surface area contributed by atoms with Crippen molar-refractivity contribution in [3.05, 3.63) is 11.6 Å². The topological polar surface area (TPSA) is 96.6 Å². The average molecular weight is 496 g/mol. The van der Waals surface area contributed by atoms with Gasteiger partial charge in [0.15, 0.2) is 11.8 Å². The number of aromatic nitrogens is 3. The molecule has 0 amide bonds. The highest BCUT2D eigenvalue weighted by atomic mass is 127. The number of aliphatic hydroxyl groups is 1. The molecule has 9 heteroatoms. The molecule has 1 aromatic rings. The maximum absolute atomic E-state index is 9.41. The number of rotatable bonds is 12. The third-order valence-corrected chi connectivity index (χ3v) is 5.15. The van der Waals surface area contributed by atoms with E-state index in [0.717, 1.165) is 56.4 Å². The van der Waals surface area contributed by atoms with Gasteiger partial charge in [0.25, 0.3) is 0 Å². The molecule has 0 unspecified atom stereocenters. The molecule has 0 saturated heterocycles. The zero-order chi connectivity index (χ0) is 19.4. The zero-order valence-electron chi connectivity index (χ0n) is 17.4. The molecule has 1 aromatic heterocycles. The van der Waals surface area contributed by atoms with Crippen molar-refractivity contribution in [3.63, 3.8) is 0 Å². The van der Waals surface area contributed by atoms with Gasteiger partial charge in [-0.05, 0) is 38.0 Å². The van der Waals surface area contributed by atoms with Crippen molar-refractivity contribution in [3.8, 4) is 0 Å². The van der Waals surface area contributed by atoms with E-state index in [0.29, 0.717) is 13.2 Å². The van der Waals surface area contributed by atoms with Gasteiger partial charge in [-0.2, -0.15) is 0 Å². The van der Waals surface area contributed by atoms with Gasteiger partial charge in [0, 0.05) is 40.5 Å². The van der Waals surface area contributed by atoms with Crippen LogP contribution in [0.5, 0.6) is 0 Å². The molecule has 0 aliphatic rings. The second-order valence-corrected chi connectivity index (χ2v) is 6.69. The van der Waals surface area contributed by atoms with E-state index in [9.17, 15) is 5.11 Å². The van der Waals surface area contributed by atoms with Crippen LogP contribution < -0.4 is 10.6 Å². The maximum Gasteiger partial charge on any atom is 0.191 e. The van der Waals surface area contributed by atoms with E-state index in [4.69, 9.17) is 4.74 Å². The Balaban J connectivity index is 0.00000676. The van der Waals surface area contributed by atoms with E-state index in [-0.39, 0.29) is 36.0 Å². The molecule has 3 N–H and O–H groups in total. The largest absolute Gasteiger partial charge is 0.396 e. The summed E-state index contributed by atoms with van der Waals surface area (Å²) in [5.41, 5.74) is 0.0745. The average Bonchev–Trinajstić information content (AvgIpc) is 2.97. The highest BCUT2D eigenvalue weighted by Crippen LogP contribution is 2.29. The zero-order valence-corrected chi connectivity index (χ0v) is 19.7. The molecule has 0 radical (unpaired) electrons. The number of hydrogen-bond donors (Lipinski definition) is 3. The first-order valence-electron chi connectivity index (χ1n) is 9.48. The number of halogens is 1. The molecule has 158 valence electrons. The van der Waals surface area contributed by atoms with E-state index in [2.05, 4.69) is 39.7 Å². The van der Waals surface area contributed by atoms with E-state index in [1.54, 1.807) is 7.11 Å². The summed E-state index contributed by atoms with van der Waals surface area (Å²) in [6.45, 7) is 9.20. The van der Waals surface area contributed by atoms with Crippen molar-refractivity contribution in [1.82, 2.24) is 25.4 Å². The van der Waals surface area contributed by atoms with Gasteiger partial charge in [-0.1, -0.05) is 13.8 Å². The number of methoxy groups -OCH3 is 1. The Morgan fingerprint density at radius 1 is 1.26 bits per heavy atom. The highest BCUT2D eigenvalue weighted by Gasteiger charge is 2.25. The minimum Gasteiger partial charge on any atom is -0.396 e. The van der Waals surface area contributed by atoms with Crippen LogP contribution in [0.4, 0.5) is 0 Å². The molecule has 0 atom stereocenters. The summed E-state index contributed by atoms with van der Waals surface area (Å²) in [4.78, 5) is 4.67. The Morgan fingerprint density at radius 3 is 2.48 bits per heavy atom. The Morgan fingerprint density at radius 2 is 1.96 bits per heavy atom. The van der Waals surface area contributed by atoms with Gasteiger partial charge in [-0.3, -0.25) is 0 Å². The van der Waals surface area contributed by atoms with Crippen molar-refractivity contribution in [2.45, 2.75) is 53.0 Å². The van der Waals surface area contributed by atoms with Crippen LogP contribution in [0.25, 0.3) is 0 Å². The van der Waals surface area contributed by atoms with Crippen LogP contribution >= 0.6 is 24.0 Å². The second-order valence-electron chi connectivity index (χ2n) is 6.69. The predicted octanol–water partition coefficient (Wildman–Crippen LogP) is 2.00. The van der Waals surface area contributed by atoms with Gasteiger partial charge in [-0.15, -0.1) is 34.2 Å². The third-order valence-electron chi connectivity index (χ3n) is 5.15. The second kappa shape index (κ2) is 14.1. The van der Waals surface area contributed by atoms with Crippen molar-refractivity contribution < 1.29 is 9.84 Å². The molecule has 0 spiro atoms. The number of hydrogen-bond acceptors (Lipinski definition) is 5. The minimum atomic E-state index is 0. The molecule has 0 bridgehead atoms. The molecule has 0 saturated carbocycles. The van der Waals surface area contributed by atoms with Gasteiger partial charge >= 0.3 is 0 Å². The molecule has 0 aliphatic carbocycles. The van der Waals surface area contributed by atoms with Crippen molar-refractivity contribution in [2.24, 2.45) is 17.5 Å². The Bertz CT molecular complexity index is 546. The molecule has 0 aliphatic heterocycles. The SMILES string of the molecule is CCC(CC)(CCO)CNC(=NCc1nnc(C)n1C)NCCCOC.I. The molecular weight excluding hydrogens is 459 g/mol. The summed E-state index contributed by atoms with van der Waals surface area (Å²) in [6.07, 6.45) is 3.71. The molecule has 1 rings (SSSR count). The minimum absolute atomic E-state index is 0. The summed E-state index contributed by atoms with van der Waals surface area (Å²) < 4.78 is 7.05. The summed E-state index contributed by atoms with van der Waals surface area (Å²) in [6, 6.07) is 0. The van der Waals surface area contributed by atoms with E-state index in [1.165, 1.54) is 0 Å². The number of nitrogens with zero attached hydrogens (tertiary/aromatic N) is 4. The van der Waals surface area contributed by atoms with Crippen LogP contribution in [0.15, 0.2) is 4.99 Å². The van der Waals surface area contributed by atoms with Crippen LogP contribution in [0, 0.1) is 12.3 Å². The molecule has 8 nitrogen and oxygen atoms in total. The smallest absolute Gasteiger partial charge is 0.191 e. The Labute approximate surface area is 180 Å². The van der Waals surface area contributed by atoms with Gasteiger partial charge < -0.3 is 25.0 Å². The first-order valence-corrected chi connectivity index (χ1v) is 9.48. The summed E-state index contributed by atoms with van der Waals surface area (Å²) in [7, 11) is 3.65. The van der Waals surface area contributed by atoms with Crippen LogP contribution in [0.2, 0.25) is 0 Å².